The largest absolute Gasteiger partial charge is 0.392 e. The first-order valence-electron chi connectivity index (χ1n) is 6.22. The van der Waals surface area contributed by atoms with E-state index in [0.29, 0.717) is 21.9 Å². The van der Waals surface area contributed by atoms with E-state index >= 15 is 0 Å². The van der Waals surface area contributed by atoms with Crippen molar-refractivity contribution < 1.29 is 18.0 Å². The van der Waals surface area contributed by atoms with Crippen LogP contribution < -0.4 is 5.73 Å². The van der Waals surface area contributed by atoms with E-state index in [1.54, 1.807) is 13.8 Å². The lowest BCUT2D eigenvalue weighted by molar-refractivity contribution is -0.176. The van der Waals surface area contributed by atoms with Gasteiger partial charge in [0, 0.05) is 10.8 Å². The maximum atomic E-state index is 12.7. The summed E-state index contributed by atoms with van der Waals surface area (Å²) in [5.41, 5.74) is 7.05. The lowest BCUT2D eigenvalue weighted by Crippen LogP contribution is -2.28. The van der Waals surface area contributed by atoms with Gasteiger partial charge in [-0.15, -0.1) is 11.3 Å². The molecule has 106 valence electrons. The Bertz CT molecular complexity index is 505. The van der Waals surface area contributed by atoms with Crippen LogP contribution in [0.25, 0.3) is 0 Å². The van der Waals surface area contributed by atoms with Crippen molar-refractivity contribution in [2.75, 3.05) is 5.73 Å². The summed E-state index contributed by atoms with van der Waals surface area (Å²) in [4.78, 5) is 12.7. The van der Waals surface area contributed by atoms with Gasteiger partial charge in [0.1, 0.15) is 0 Å². The monoisotopic (exact) mass is 291 g/mol. The lowest BCUT2D eigenvalue weighted by Gasteiger charge is -2.24. The van der Waals surface area contributed by atoms with Crippen molar-refractivity contribution in [3.63, 3.8) is 0 Å². The van der Waals surface area contributed by atoms with Crippen LogP contribution in [-0.4, -0.2) is 12.0 Å². The molecule has 0 radical (unpaired) electrons. The molecule has 2 rings (SSSR count). The predicted octanol–water partition coefficient (Wildman–Crippen LogP) is 3.84. The first kappa shape index (κ1) is 14.4. The fourth-order valence-electron chi connectivity index (χ4n) is 2.45. The number of halogens is 3. The molecular weight excluding hydrogens is 275 g/mol. The van der Waals surface area contributed by atoms with Crippen LogP contribution in [0.3, 0.4) is 0 Å². The molecule has 0 aliphatic heterocycles. The van der Waals surface area contributed by atoms with E-state index < -0.39 is 12.1 Å². The Morgan fingerprint density at radius 1 is 1.42 bits per heavy atom. The molecule has 2 N–H and O–H groups in total. The molecule has 0 saturated heterocycles. The zero-order valence-corrected chi connectivity index (χ0v) is 11.6. The number of rotatable bonds is 2. The molecule has 2 nitrogen and oxygen atoms in total. The fraction of sp³-hybridized carbons (Fsp3) is 0.615. The smallest absolute Gasteiger partial charge is 0.390 e. The number of alkyl halides is 3. The quantitative estimate of drug-likeness (QED) is 0.841. The number of nitrogens with two attached hydrogens (primary N) is 1. The molecule has 0 amide bonds. The van der Waals surface area contributed by atoms with Crippen LogP contribution in [0.1, 0.15) is 41.1 Å². The van der Waals surface area contributed by atoms with Gasteiger partial charge in [-0.1, -0.05) is 13.8 Å². The molecular formula is C13H16F3NOS. The summed E-state index contributed by atoms with van der Waals surface area (Å²) in [6, 6.07) is 0. The summed E-state index contributed by atoms with van der Waals surface area (Å²) in [5, 5.41) is 0.367. The molecule has 1 atom stereocenters. The average molecular weight is 291 g/mol. The highest BCUT2D eigenvalue weighted by atomic mass is 32.1. The third kappa shape index (κ3) is 2.63. The van der Waals surface area contributed by atoms with Crippen LogP contribution in [0.4, 0.5) is 18.2 Å². The second-order valence-electron chi connectivity index (χ2n) is 5.24. The lowest BCUT2D eigenvalue weighted by atomic mass is 9.85. The zero-order valence-electron chi connectivity index (χ0n) is 10.8. The van der Waals surface area contributed by atoms with E-state index in [2.05, 4.69) is 0 Å². The van der Waals surface area contributed by atoms with Gasteiger partial charge in [-0.3, -0.25) is 4.79 Å². The first-order valence-corrected chi connectivity index (χ1v) is 7.04. The Morgan fingerprint density at radius 3 is 2.58 bits per heavy atom. The summed E-state index contributed by atoms with van der Waals surface area (Å²) >= 11 is 1.14. The summed E-state index contributed by atoms with van der Waals surface area (Å²) in [6.07, 6.45) is -3.87. The molecule has 6 heteroatoms. The van der Waals surface area contributed by atoms with Crippen molar-refractivity contribution in [2.24, 2.45) is 11.8 Å². The summed E-state index contributed by atoms with van der Waals surface area (Å²) < 4.78 is 38.2. The van der Waals surface area contributed by atoms with Gasteiger partial charge in [0.25, 0.3) is 0 Å². The molecule has 0 aromatic carbocycles. The molecule has 1 unspecified atom stereocenters. The standard InChI is InChI=1S/C13H16F3NOS/c1-6(2)11(18)10-8-4-3-7(13(14,15)16)5-9(8)19-12(10)17/h6-7H,3-5,17H2,1-2H3. The van der Waals surface area contributed by atoms with Crippen molar-refractivity contribution in [2.45, 2.75) is 39.3 Å². The molecule has 0 saturated carbocycles. The molecule has 0 fully saturated rings. The Balaban J connectivity index is 2.35. The molecule has 0 bridgehead atoms. The number of carbonyl (C=O) groups is 1. The minimum Gasteiger partial charge on any atom is -0.390 e. The highest BCUT2D eigenvalue weighted by Gasteiger charge is 2.42. The number of thiophene rings is 1. The minimum absolute atomic E-state index is 0.0426. The Morgan fingerprint density at radius 2 is 2.05 bits per heavy atom. The van der Waals surface area contributed by atoms with Crippen LogP contribution in [0, 0.1) is 11.8 Å². The molecule has 0 spiro atoms. The molecule has 1 heterocycles. The van der Waals surface area contributed by atoms with Gasteiger partial charge in [-0.05, 0) is 24.8 Å². The van der Waals surface area contributed by atoms with Crippen molar-refractivity contribution in [3.05, 3.63) is 16.0 Å². The van der Waals surface area contributed by atoms with E-state index in [1.165, 1.54) is 0 Å². The number of carbonyl (C=O) groups excluding carboxylic acids is 1. The molecule has 1 aliphatic carbocycles. The number of fused-ring (bicyclic) bond motifs is 1. The van der Waals surface area contributed by atoms with Gasteiger partial charge in [0.15, 0.2) is 5.78 Å². The second-order valence-corrected chi connectivity index (χ2v) is 6.38. The van der Waals surface area contributed by atoms with Crippen LogP contribution in [0.2, 0.25) is 0 Å². The normalized spacial score (nSPS) is 19.6. The predicted molar refractivity (Wildman–Crippen MR) is 69.5 cm³/mol. The summed E-state index contributed by atoms with van der Waals surface area (Å²) in [6.45, 7) is 3.54. The van der Waals surface area contributed by atoms with E-state index in [1.807, 2.05) is 0 Å². The number of Topliss-reactive ketones (excluding diaryl/α,β-unsaturated/α-hetero) is 1. The van der Waals surface area contributed by atoms with Gasteiger partial charge < -0.3 is 5.73 Å². The van der Waals surface area contributed by atoms with Crippen molar-refractivity contribution in [1.29, 1.82) is 0 Å². The van der Waals surface area contributed by atoms with E-state index in [4.69, 9.17) is 5.73 Å². The maximum absolute atomic E-state index is 12.7. The van der Waals surface area contributed by atoms with Gasteiger partial charge >= 0.3 is 6.18 Å². The Kier molecular flexibility index (Phi) is 3.64. The Labute approximate surface area is 113 Å². The summed E-state index contributed by atoms with van der Waals surface area (Å²) in [7, 11) is 0. The third-order valence-corrected chi connectivity index (χ3v) is 4.61. The first-order chi connectivity index (χ1) is 8.71. The molecule has 1 aromatic rings. The van der Waals surface area contributed by atoms with Gasteiger partial charge in [0.05, 0.1) is 16.5 Å². The topological polar surface area (TPSA) is 43.1 Å². The van der Waals surface area contributed by atoms with Crippen molar-refractivity contribution in [1.82, 2.24) is 0 Å². The van der Waals surface area contributed by atoms with Gasteiger partial charge in [-0.2, -0.15) is 13.2 Å². The van der Waals surface area contributed by atoms with Gasteiger partial charge in [0.2, 0.25) is 0 Å². The van der Waals surface area contributed by atoms with Crippen molar-refractivity contribution in [3.8, 4) is 0 Å². The number of ketones is 1. The number of nitrogen functional groups attached to an aromatic ring is 1. The highest BCUT2D eigenvalue weighted by molar-refractivity contribution is 7.16. The zero-order chi connectivity index (χ0) is 14.4. The fourth-order valence-corrected chi connectivity index (χ4v) is 3.65. The number of hydrogen-bond acceptors (Lipinski definition) is 3. The third-order valence-electron chi connectivity index (χ3n) is 3.53. The van der Waals surface area contributed by atoms with Crippen molar-refractivity contribution >= 4 is 22.1 Å². The number of hydrogen-bond donors (Lipinski definition) is 1. The van der Waals surface area contributed by atoms with Crippen LogP contribution in [0.5, 0.6) is 0 Å². The molecule has 1 aliphatic rings. The van der Waals surface area contributed by atoms with E-state index in [0.717, 1.165) is 16.9 Å². The maximum Gasteiger partial charge on any atom is 0.392 e. The summed E-state index contributed by atoms with van der Waals surface area (Å²) in [5.74, 6) is -1.57. The highest BCUT2D eigenvalue weighted by Crippen LogP contribution is 2.43. The van der Waals surface area contributed by atoms with E-state index in [9.17, 15) is 18.0 Å². The van der Waals surface area contributed by atoms with Crippen LogP contribution in [0.15, 0.2) is 0 Å². The van der Waals surface area contributed by atoms with Gasteiger partial charge in [-0.25, -0.2) is 0 Å². The van der Waals surface area contributed by atoms with E-state index in [-0.39, 0.29) is 24.5 Å². The number of anilines is 1. The SMILES string of the molecule is CC(C)C(=O)c1c(N)sc2c1CCC(C(F)(F)F)C2. The second kappa shape index (κ2) is 4.81. The minimum atomic E-state index is -4.17. The molecule has 1 aromatic heterocycles. The Hall–Kier alpha value is -1.04. The van der Waals surface area contributed by atoms with Crippen LogP contribution in [-0.2, 0) is 12.8 Å². The molecule has 19 heavy (non-hydrogen) atoms. The van der Waals surface area contributed by atoms with Crippen LogP contribution >= 0.6 is 11.3 Å². The average Bonchev–Trinajstić information content (AvgIpc) is 2.61.